The molecule has 1 aromatic carbocycles. The molecule has 3 aromatic rings. The second-order valence-electron chi connectivity index (χ2n) is 5.20. The van der Waals surface area contributed by atoms with E-state index in [9.17, 15) is 9.59 Å². The summed E-state index contributed by atoms with van der Waals surface area (Å²) in [5, 5.41) is 5.99. The van der Waals surface area contributed by atoms with Gasteiger partial charge < -0.3 is 10.6 Å². The van der Waals surface area contributed by atoms with E-state index in [-0.39, 0.29) is 17.4 Å². The van der Waals surface area contributed by atoms with Crippen molar-refractivity contribution in [2.75, 3.05) is 11.9 Å². The fourth-order valence-corrected chi connectivity index (χ4v) is 2.46. The van der Waals surface area contributed by atoms with E-state index in [1.807, 2.05) is 0 Å². The highest BCUT2D eigenvalue weighted by molar-refractivity contribution is 6.30. The molecule has 0 fully saturated rings. The monoisotopic (exact) mass is 354 g/mol. The van der Waals surface area contributed by atoms with Crippen LogP contribution >= 0.6 is 11.6 Å². The molecule has 0 aliphatic rings. The van der Waals surface area contributed by atoms with Crippen molar-refractivity contribution in [3.8, 4) is 0 Å². The number of rotatable bonds is 5. The van der Waals surface area contributed by atoms with Crippen LogP contribution in [0, 0.1) is 0 Å². The molecule has 0 spiro atoms. The number of imidazole rings is 1. The lowest BCUT2D eigenvalue weighted by molar-refractivity contribution is 0.0955. The molecule has 0 aliphatic heterocycles. The molecule has 2 heterocycles. The van der Waals surface area contributed by atoms with Crippen molar-refractivity contribution >= 4 is 34.6 Å². The first-order valence-electron chi connectivity index (χ1n) is 7.53. The molecule has 0 atom stereocenters. The van der Waals surface area contributed by atoms with Gasteiger partial charge in [-0.2, -0.15) is 0 Å². The van der Waals surface area contributed by atoms with Crippen molar-refractivity contribution in [1.29, 1.82) is 0 Å². The zero-order valence-corrected chi connectivity index (χ0v) is 14.0. The number of nitrogens with one attached hydrogen (secondary N) is 2. The number of hydrogen-bond donors (Lipinski definition) is 2. The van der Waals surface area contributed by atoms with E-state index in [2.05, 4.69) is 22.2 Å². The maximum Gasteiger partial charge on any atom is 0.292 e. The standard InChI is InChI=1S/C18H15ClN4O2/c1-2-10-20-17(24)15-14-5-3-4-11-23(14)16(22-15)18(25)21-13-8-6-12(19)7-9-13/h2-9,11H,1,10H2,(H,20,24)(H,21,25). The minimum atomic E-state index is -0.425. The van der Waals surface area contributed by atoms with Crippen molar-refractivity contribution in [2.45, 2.75) is 0 Å². The van der Waals surface area contributed by atoms with Crippen LogP contribution < -0.4 is 10.6 Å². The van der Waals surface area contributed by atoms with Crippen LogP contribution in [0.2, 0.25) is 5.02 Å². The van der Waals surface area contributed by atoms with Crippen molar-refractivity contribution in [3.63, 3.8) is 0 Å². The number of aromatic nitrogens is 2. The van der Waals surface area contributed by atoms with Gasteiger partial charge in [-0.05, 0) is 36.4 Å². The average molecular weight is 355 g/mol. The summed E-state index contributed by atoms with van der Waals surface area (Å²) in [6, 6.07) is 12.0. The van der Waals surface area contributed by atoms with E-state index < -0.39 is 5.91 Å². The van der Waals surface area contributed by atoms with Gasteiger partial charge in [-0.25, -0.2) is 4.98 Å². The summed E-state index contributed by atoms with van der Waals surface area (Å²) < 4.78 is 1.58. The number of benzene rings is 1. The fraction of sp³-hybridized carbons (Fsp3) is 0.0556. The zero-order valence-electron chi connectivity index (χ0n) is 13.2. The number of nitrogens with zero attached hydrogens (tertiary/aromatic N) is 2. The van der Waals surface area contributed by atoms with Crippen molar-refractivity contribution in [3.05, 3.63) is 77.9 Å². The second-order valence-corrected chi connectivity index (χ2v) is 5.64. The van der Waals surface area contributed by atoms with E-state index in [1.165, 1.54) is 0 Å². The third-order valence-corrected chi connectivity index (χ3v) is 3.73. The molecule has 6 nitrogen and oxygen atoms in total. The molecular weight excluding hydrogens is 340 g/mol. The zero-order chi connectivity index (χ0) is 17.8. The molecule has 0 radical (unpaired) electrons. The molecule has 2 amide bonds. The van der Waals surface area contributed by atoms with Crippen LogP contribution in [0.4, 0.5) is 5.69 Å². The maximum absolute atomic E-state index is 12.6. The summed E-state index contributed by atoms with van der Waals surface area (Å²) in [6.45, 7) is 3.88. The molecule has 3 rings (SSSR count). The highest BCUT2D eigenvalue weighted by Gasteiger charge is 2.21. The molecule has 2 aromatic heterocycles. The quantitative estimate of drug-likeness (QED) is 0.691. The van der Waals surface area contributed by atoms with Gasteiger partial charge in [0.15, 0.2) is 5.69 Å². The van der Waals surface area contributed by atoms with Gasteiger partial charge in [0, 0.05) is 23.5 Å². The Kier molecular flexibility index (Phi) is 4.81. The molecule has 25 heavy (non-hydrogen) atoms. The molecule has 0 aliphatic carbocycles. The Balaban J connectivity index is 1.95. The molecule has 0 saturated heterocycles. The van der Waals surface area contributed by atoms with Gasteiger partial charge in [-0.3, -0.25) is 14.0 Å². The number of carbonyl (C=O) groups is 2. The van der Waals surface area contributed by atoms with E-state index in [0.717, 1.165) is 0 Å². The van der Waals surface area contributed by atoms with Gasteiger partial charge >= 0.3 is 0 Å². The first-order valence-corrected chi connectivity index (χ1v) is 7.91. The molecule has 0 unspecified atom stereocenters. The lowest BCUT2D eigenvalue weighted by Gasteiger charge is -2.04. The van der Waals surface area contributed by atoms with Crippen molar-refractivity contribution in [1.82, 2.24) is 14.7 Å². The average Bonchev–Trinajstić information content (AvgIpc) is 3.01. The van der Waals surface area contributed by atoms with Gasteiger partial charge in [0.1, 0.15) is 0 Å². The van der Waals surface area contributed by atoms with E-state index in [1.54, 1.807) is 59.1 Å². The molecule has 2 N–H and O–H groups in total. The summed E-state index contributed by atoms with van der Waals surface area (Å²) in [7, 11) is 0. The number of fused-ring (bicyclic) bond motifs is 1. The van der Waals surface area contributed by atoms with Gasteiger partial charge in [0.2, 0.25) is 5.82 Å². The van der Waals surface area contributed by atoms with Crippen LogP contribution in [-0.2, 0) is 0 Å². The largest absolute Gasteiger partial charge is 0.347 e. The molecule has 0 bridgehead atoms. The number of pyridine rings is 1. The Labute approximate surface area is 149 Å². The second kappa shape index (κ2) is 7.19. The Hall–Kier alpha value is -3.12. The van der Waals surface area contributed by atoms with Crippen LogP contribution in [0.3, 0.4) is 0 Å². The van der Waals surface area contributed by atoms with E-state index in [0.29, 0.717) is 22.8 Å². The van der Waals surface area contributed by atoms with Crippen LogP contribution in [0.1, 0.15) is 21.1 Å². The number of amides is 2. The predicted octanol–water partition coefficient (Wildman–Crippen LogP) is 3.16. The molecule has 0 saturated carbocycles. The SMILES string of the molecule is C=CCNC(=O)c1nc(C(=O)Nc2ccc(Cl)cc2)n2ccccc12. The summed E-state index contributed by atoms with van der Waals surface area (Å²) in [5.41, 5.74) is 1.31. The molecular formula is C18H15ClN4O2. The number of halogens is 1. The predicted molar refractivity (Wildman–Crippen MR) is 97.1 cm³/mol. The number of hydrogen-bond acceptors (Lipinski definition) is 3. The Morgan fingerprint density at radius 3 is 2.64 bits per heavy atom. The Morgan fingerprint density at radius 2 is 1.92 bits per heavy atom. The number of anilines is 1. The minimum Gasteiger partial charge on any atom is -0.347 e. The fourth-order valence-electron chi connectivity index (χ4n) is 2.33. The van der Waals surface area contributed by atoms with Crippen LogP contribution in [0.5, 0.6) is 0 Å². The highest BCUT2D eigenvalue weighted by Crippen LogP contribution is 2.17. The van der Waals surface area contributed by atoms with Gasteiger partial charge in [0.05, 0.1) is 5.52 Å². The Morgan fingerprint density at radius 1 is 1.16 bits per heavy atom. The van der Waals surface area contributed by atoms with Crippen molar-refractivity contribution < 1.29 is 9.59 Å². The van der Waals surface area contributed by atoms with Gasteiger partial charge in [0.25, 0.3) is 11.8 Å². The summed E-state index contributed by atoms with van der Waals surface area (Å²) >= 11 is 5.84. The van der Waals surface area contributed by atoms with Gasteiger partial charge in [-0.15, -0.1) is 6.58 Å². The highest BCUT2D eigenvalue weighted by atomic mass is 35.5. The maximum atomic E-state index is 12.6. The topological polar surface area (TPSA) is 75.5 Å². The summed E-state index contributed by atoms with van der Waals surface area (Å²) in [6.07, 6.45) is 3.26. The lowest BCUT2D eigenvalue weighted by atomic mass is 10.3. The molecule has 126 valence electrons. The third-order valence-electron chi connectivity index (χ3n) is 3.48. The van der Waals surface area contributed by atoms with Crippen molar-refractivity contribution in [2.24, 2.45) is 0 Å². The molecule has 7 heteroatoms. The summed E-state index contributed by atoms with van der Waals surface area (Å²) in [4.78, 5) is 29.1. The van der Waals surface area contributed by atoms with E-state index >= 15 is 0 Å². The van der Waals surface area contributed by atoms with Crippen LogP contribution in [0.25, 0.3) is 5.52 Å². The van der Waals surface area contributed by atoms with E-state index in [4.69, 9.17) is 11.6 Å². The lowest BCUT2D eigenvalue weighted by Crippen LogP contribution is -2.24. The first kappa shape index (κ1) is 16.7. The van der Waals surface area contributed by atoms with Gasteiger partial charge in [-0.1, -0.05) is 23.7 Å². The first-order chi connectivity index (χ1) is 12.1. The third kappa shape index (κ3) is 3.54. The number of carbonyl (C=O) groups excluding carboxylic acids is 2. The summed E-state index contributed by atoms with van der Waals surface area (Å²) in [5.74, 6) is -0.672. The van der Waals surface area contributed by atoms with Crippen LogP contribution in [0.15, 0.2) is 61.3 Å². The smallest absolute Gasteiger partial charge is 0.292 e. The normalized spacial score (nSPS) is 10.4. The minimum absolute atomic E-state index is 0.120. The Bertz CT molecular complexity index is 947. The van der Waals surface area contributed by atoms with Crippen LogP contribution in [-0.4, -0.2) is 27.7 Å².